The van der Waals surface area contributed by atoms with E-state index in [1.54, 1.807) is 7.11 Å². The molecule has 0 bridgehead atoms. The van der Waals surface area contributed by atoms with E-state index in [2.05, 4.69) is 47.0 Å². The quantitative estimate of drug-likeness (QED) is 0.665. The number of carbonyl (C=O) groups is 1. The lowest BCUT2D eigenvalue weighted by Gasteiger charge is -2.13. The van der Waals surface area contributed by atoms with Crippen molar-refractivity contribution >= 4 is 17.3 Å². The van der Waals surface area contributed by atoms with Gasteiger partial charge in [-0.15, -0.1) is 0 Å². The minimum absolute atomic E-state index is 0.123. The van der Waals surface area contributed by atoms with E-state index in [-0.39, 0.29) is 5.91 Å². The Labute approximate surface area is 153 Å². The zero-order chi connectivity index (χ0) is 18.4. The molecule has 0 fully saturated rings. The maximum atomic E-state index is 11.2. The molecule has 4 heteroatoms. The number of amides is 1. The molecule has 3 aromatic carbocycles. The summed E-state index contributed by atoms with van der Waals surface area (Å²) < 4.78 is 5.36. The molecule has 0 aliphatic heterocycles. The van der Waals surface area contributed by atoms with Gasteiger partial charge in [-0.3, -0.25) is 4.79 Å². The summed E-state index contributed by atoms with van der Waals surface area (Å²) in [5, 5.41) is 6.16. The fraction of sp³-hybridized carbons (Fsp3) is 0.136. The van der Waals surface area contributed by atoms with Crippen LogP contribution in [0.3, 0.4) is 0 Å². The Morgan fingerprint density at radius 1 is 0.923 bits per heavy atom. The van der Waals surface area contributed by atoms with Crippen molar-refractivity contribution in [2.24, 2.45) is 0 Å². The Balaban J connectivity index is 1.72. The standard InChI is InChI=1S/C22H22N2O2/c1-16(25)24-21-12-11-20(14-22(21)26-2)23-15-17-7-6-10-19(13-17)18-8-4-3-5-9-18/h3-14,23H,15H2,1-2H3,(H,24,25). The predicted molar refractivity (Wildman–Crippen MR) is 107 cm³/mol. The first-order valence-corrected chi connectivity index (χ1v) is 8.49. The molecule has 0 atom stereocenters. The molecule has 0 aromatic heterocycles. The van der Waals surface area contributed by atoms with Gasteiger partial charge in [-0.25, -0.2) is 0 Å². The van der Waals surface area contributed by atoms with Crippen molar-refractivity contribution in [1.82, 2.24) is 0 Å². The number of nitrogens with one attached hydrogen (secondary N) is 2. The maximum Gasteiger partial charge on any atom is 0.221 e. The molecule has 0 aliphatic carbocycles. The summed E-state index contributed by atoms with van der Waals surface area (Å²) in [6, 6.07) is 24.4. The average Bonchev–Trinajstić information content (AvgIpc) is 2.67. The van der Waals surface area contributed by atoms with Crippen LogP contribution in [0.1, 0.15) is 12.5 Å². The van der Waals surface area contributed by atoms with Crippen molar-refractivity contribution in [3.63, 3.8) is 0 Å². The van der Waals surface area contributed by atoms with Gasteiger partial charge in [0, 0.05) is 25.2 Å². The molecule has 0 aliphatic rings. The Hall–Kier alpha value is -3.27. The second-order valence-corrected chi connectivity index (χ2v) is 6.02. The molecule has 0 unspecified atom stereocenters. The average molecular weight is 346 g/mol. The topological polar surface area (TPSA) is 50.4 Å². The van der Waals surface area contributed by atoms with Gasteiger partial charge in [0.2, 0.25) is 5.91 Å². The second kappa shape index (κ2) is 8.21. The van der Waals surface area contributed by atoms with Gasteiger partial charge in [0.15, 0.2) is 0 Å². The van der Waals surface area contributed by atoms with E-state index in [1.807, 2.05) is 36.4 Å². The Bertz CT molecular complexity index is 892. The van der Waals surface area contributed by atoms with Gasteiger partial charge in [0.1, 0.15) is 5.75 Å². The van der Waals surface area contributed by atoms with Crippen molar-refractivity contribution in [2.45, 2.75) is 13.5 Å². The maximum absolute atomic E-state index is 11.2. The van der Waals surface area contributed by atoms with E-state index in [9.17, 15) is 4.79 Å². The Morgan fingerprint density at radius 2 is 1.69 bits per heavy atom. The lowest BCUT2D eigenvalue weighted by atomic mass is 10.0. The molecule has 0 spiro atoms. The molecule has 0 heterocycles. The molecular weight excluding hydrogens is 324 g/mol. The summed E-state index contributed by atoms with van der Waals surface area (Å²) in [5.41, 5.74) is 5.19. The number of hydrogen-bond donors (Lipinski definition) is 2. The number of hydrogen-bond acceptors (Lipinski definition) is 3. The molecule has 3 rings (SSSR count). The van der Waals surface area contributed by atoms with Gasteiger partial charge in [0.25, 0.3) is 0 Å². The number of methoxy groups -OCH3 is 1. The van der Waals surface area contributed by atoms with Crippen molar-refractivity contribution < 1.29 is 9.53 Å². The number of anilines is 2. The number of ether oxygens (including phenoxy) is 1. The number of carbonyl (C=O) groups excluding carboxylic acids is 1. The summed E-state index contributed by atoms with van der Waals surface area (Å²) in [5.74, 6) is 0.505. The van der Waals surface area contributed by atoms with Gasteiger partial charge in [-0.2, -0.15) is 0 Å². The summed E-state index contributed by atoms with van der Waals surface area (Å²) in [7, 11) is 1.59. The first-order chi connectivity index (χ1) is 12.7. The molecule has 26 heavy (non-hydrogen) atoms. The third-order valence-electron chi connectivity index (χ3n) is 4.04. The fourth-order valence-electron chi connectivity index (χ4n) is 2.79. The monoisotopic (exact) mass is 346 g/mol. The summed E-state index contributed by atoms with van der Waals surface area (Å²) in [6.07, 6.45) is 0. The van der Waals surface area contributed by atoms with E-state index in [4.69, 9.17) is 4.74 Å². The number of rotatable bonds is 6. The van der Waals surface area contributed by atoms with Crippen LogP contribution in [0.25, 0.3) is 11.1 Å². The third kappa shape index (κ3) is 4.42. The molecule has 2 N–H and O–H groups in total. The normalized spacial score (nSPS) is 10.2. The first-order valence-electron chi connectivity index (χ1n) is 8.49. The molecule has 132 valence electrons. The first kappa shape index (κ1) is 17.5. The SMILES string of the molecule is COc1cc(NCc2cccc(-c3ccccc3)c2)ccc1NC(C)=O. The van der Waals surface area contributed by atoms with Crippen molar-refractivity contribution in [3.8, 4) is 16.9 Å². The van der Waals surface area contributed by atoms with Gasteiger partial charge in [-0.05, 0) is 34.9 Å². The lowest BCUT2D eigenvalue weighted by molar-refractivity contribution is -0.114. The zero-order valence-electron chi connectivity index (χ0n) is 15.0. The highest BCUT2D eigenvalue weighted by atomic mass is 16.5. The van der Waals surface area contributed by atoms with Crippen LogP contribution in [0, 0.1) is 0 Å². The van der Waals surface area contributed by atoms with Crippen LogP contribution >= 0.6 is 0 Å². The number of benzene rings is 3. The van der Waals surface area contributed by atoms with Crippen molar-refractivity contribution in [2.75, 3.05) is 17.7 Å². The molecule has 0 saturated heterocycles. The zero-order valence-corrected chi connectivity index (χ0v) is 15.0. The van der Waals surface area contributed by atoms with Crippen LogP contribution in [0.2, 0.25) is 0 Å². The van der Waals surface area contributed by atoms with Gasteiger partial charge >= 0.3 is 0 Å². The van der Waals surface area contributed by atoms with E-state index in [0.717, 1.165) is 5.69 Å². The van der Waals surface area contributed by atoms with Crippen LogP contribution in [-0.2, 0) is 11.3 Å². The van der Waals surface area contributed by atoms with Crippen LogP contribution in [0.4, 0.5) is 11.4 Å². The molecule has 3 aromatic rings. The van der Waals surface area contributed by atoms with Crippen LogP contribution in [-0.4, -0.2) is 13.0 Å². The lowest BCUT2D eigenvalue weighted by Crippen LogP contribution is -2.07. The highest BCUT2D eigenvalue weighted by Crippen LogP contribution is 2.28. The van der Waals surface area contributed by atoms with Crippen LogP contribution in [0.5, 0.6) is 5.75 Å². The molecular formula is C22H22N2O2. The smallest absolute Gasteiger partial charge is 0.221 e. The van der Waals surface area contributed by atoms with E-state index in [0.29, 0.717) is 18.0 Å². The highest BCUT2D eigenvalue weighted by molar-refractivity contribution is 5.90. The minimum Gasteiger partial charge on any atom is -0.494 e. The summed E-state index contributed by atoms with van der Waals surface area (Å²) >= 11 is 0. The molecule has 0 saturated carbocycles. The second-order valence-electron chi connectivity index (χ2n) is 6.02. The van der Waals surface area contributed by atoms with Gasteiger partial charge in [-0.1, -0.05) is 48.5 Å². The van der Waals surface area contributed by atoms with E-state index in [1.165, 1.54) is 23.6 Å². The highest BCUT2D eigenvalue weighted by Gasteiger charge is 2.06. The minimum atomic E-state index is -0.123. The van der Waals surface area contributed by atoms with Crippen molar-refractivity contribution in [1.29, 1.82) is 0 Å². The summed E-state index contributed by atoms with van der Waals surface area (Å²) in [4.78, 5) is 11.2. The molecule has 4 nitrogen and oxygen atoms in total. The summed E-state index contributed by atoms with van der Waals surface area (Å²) in [6.45, 7) is 2.18. The Kier molecular flexibility index (Phi) is 5.54. The van der Waals surface area contributed by atoms with Crippen LogP contribution in [0.15, 0.2) is 72.8 Å². The fourth-order valence-corrected chi connectivity index (χ4v) is 2.79. The predicted octanol–water partition coefficient (Wildman–Crippen LogP) is 4.93. The van der Waals surface area contributed by atoms with E-state index >= 15 is 0 Å². The molecule has 0 radical (unpaired) electrons. The van der Waals surface area contributed by atoms with Gasteiger partial charge in [0.05, 0.1) is 12.8 Å². The van der Waals surface area contributed by atoms with E-state index < -0.39 is 0 Å². The van der Waals surface area contributed by atoms with Crippen LogP contribution < -0.4 is 15.4 Å². The Morgan fingerprint density at radius 3 is 2.42 bits per heavy atom. The van der Waals surface area contributed by atoms with Crippen molar-refractivity contribution in [3.05, 3.63) is 78.4 Å². The largest absolute Gasteiger partial charge is 0.494 e. The third-order valence-corrected chi connectivity index (χ3v) is 4.04. The van der Waals surface area contributed by atoms with Gasteiger partial charge < -0.3 is 15.4 Å². The molecule has 1 amide bonds.